The second-order valence-corrected chi connectivity index (χ2v) is 5.40. The molecule has 3 rings (SSSR count). The van der Waals surface area contributed by atoms with Gasteiger partial charge in [-0.15, -0.1) is 11.3 Å². The first-order chi connectivity index (χ1) is 10.4. The number of H-pyrrole nitrogens is 1. The van der Waals surface area contributed by atoms with E-state index in [1.165, 1.54) is 0 Å². The maximum Gasteiger partial charge on any atom is 0.207 e. The SMILES string of the molecule is O=CNCCCNc1nc2ccc(-c3nccs3)cc2[nH]1. The monoisotopic (exact) mass is 301 g/mol. The molecule has 0 atom stereocenters. The fraction of sp³-hybridized carbons (Fsp3) is 0.214. The zero-order valence-electron chi connectivity index (χ0n) is 11.3. The van der Waals surface area contributed by atoms with E-state index in [-0.39, 0.29) is 0 Å². The van der Waals surface area contributed by atoms with Crippen LogP contribution in [0.2, 0.25) is 0 Å². The topological polar surface area (TPSA) is 82.7 Å². The zero-order chi connectivity index (χ0) is 14.5. The van der Waals surface area contributed by atoms with Crippen molar-refractivity contribution in [3.63, 3.8) is 0 Å². The summed E-state index contributed by atoms with van der Waals surface area (Å²) in [4.78, 5) is 22.2. The summed E-state index contributed by atoms with van der Waals surface area (Å²) in [7, 11) is 0. The van der Waals surface area contributed by atoms with Crippen LogP contribution in [0.1, 0.15) is 6.42 Å². The highest BCUT2D eigenvalue weighted by atomic mass is 32.1. The van der Waals surface area contributed by atoms with Gasteiger partial charge >= 0.3 is 0 Å². The number of benzene rings is 1. The summed E-state index contributed by atoms with van der Waals surface area (Å²) in [6, 6.07) is 6.07. The van der Waals surface area contributed by atoms with Crippen LogP contribution in [0.25, 0.3) is 21.6 Å². The molecule has 0 radical (unpaired) electrons. The first kappa shape index (κ1) is 13.6. The van der Waals surface area contributed by atoms with E-state index in [1.807, 2.05) is 17.5 Å². The number of hydrogen-bond acceptors (Lipinski definition) is 5. The third-order valence-electron chi connectivity index (χ3n) is 3.03. The second-order valence-electron chi connectivity index (χ2n) is 4.51. The van der Waals surface area contributed by atoms with E-state index in [1.54, 1.807) is 17.5 Å². The van der Waals surface area contributed by atoms with Gasteiger partial charge in [0.25, 0.3) is 0 Å². The Morgan fingerprint density at radius 2 is 2.29 bits per heavy atom. The molecule has 2 aromatic heterocycles. The van der Waals surface area contributed by atoms with Crippen LogP contribution in [0.15, 0.2) is 29.8 Å². The number of amides is 1. The van der Waals surface area contributed by atoms with E-state index in [0.717, 1.165) is 40.5 Å². The average Bonchev–Trinajstić information content (AvgIpc) is 3.15. The Balaban J connectivity index is 1.70. The Labute approximate surface area is 125 Å². The third kappa shape index (κ3) is 3.19. The van der Waals surface area contributed by atoms with Crippen molar-refractivity contribution in [2.24, 2.45) is 0 Å². The smallest absolute Gasteiger partial charge is 0.207 e. The molecule has 3 aromatic rings. The van der Waals surface area contributed by atoms with Gasteiger partial charge in [-0.1, -0.05) is 0 Å². The Bertz CT molecular complexity index is 722. The van der Waals surface area contributed by atoms with Crippen LogP contribution in [0.4, 0.5) is 5.95 Å². The molecule has 7 heteroatoms. The first-order valence-electron chi connectivity index (χ1n) is 6.67. The number of rotatable bonds is 7. The molecule has 1 amide bonds. The van der Waals surface area contributed by atoms with Gasteiger partial charge in [-0.3, -0.25) is 4.79 Å². The Hall–Kier alpha value is -2.41. The Kier molecular flexibility index (Phi) is 4.11. The molecule has 6 nitrogen and oxygen atoms in total. The van der Waals surface area contributed by atoms with E-state index in [0.29, 0.717) is 13.0 Å². The van der Waals surface area contributed by atoms with Crippen LogP contribution in [0.5, 0.6) is 0 Å². The number of nitrogens with one attached hydrogen (secondary N) is 3. The van der Waals surface area contributed by atoms with Gasteiger partial charge in [-0.2, -0.15) is 0 Å². The standard InChI is InChI=1S/C14H15N5OS/c20-9-15-4-1-5-17-14-18-11-3-2-10(8-12(11)19-14)13-16-6-7-21-13/h2-3,6-9H,1,4-5H2,(H,15,20)(H2,17,18,19). The van der Waals surface area contributed by atoms with Crippen molar-refractivity contribution in [3.05, 3.63) is 29.8 Å². The number of imidazole rings is 1. The number of nitrogens with zero attached hydrogens (tertiary/aromatic N) is 2. The molecule has 0 aliphatic heterocycles. The van der Waals surface area contributed by atoms with Gasteiger partial charge in [0, 0.05) is 30.2 Å². The van der Waals surface area contributed by atoms with Crippen LogP contribution >= 0.6 is 11.3 Å². The van der Waals surface area contributed by atoms with Crippen molar-refractivity contribution >= 4 is 34.7 Å². The summed E-state index contributed by atoms with van der Waals surface area (Å²) >= 11 is 1.62. The molecular formula is C14H15N5OS. The fourth-order valence-corrected chi connectivity index (χ4v) is 2.68. The van der Waals surface area contributed by atoms with Gasteiger partial charge in [0.1, 0.15) is 5.01 Å². The molecule has 1 aromatic carbocycles. The Morgan fingerprint density at radius 3 is 3.10 bits per heavy atom. The van der Waals surface area contributed by atoms with Crippen LogP contribution in [0, 0.1) is 0 Å². The molecule has 0 aliphatic rings. The first-order valence-corrected chi connectivity index (χ1v) is 7.55. The van der Waals surface area contributed by atoms with Crippen molar-refractivity contribution in [1.82, 2.24) is 20.3 Å². The molecule has 21 heavy (non-hydrogen) atoms. The van der Waals surface area contributed by atoms with E-state index < -0.39 is 0 Å². The number of aromatic nitrogens is 3. The van der Waals surface area contributed by atoms with E-state index >= 15 is 0 Å². The lowest BCUT2D eigenvalue weighted by Gasteiger charge is -2.01. The maximum atomic E-state index is 10.1. The van der Waals surface area contributed by atoms with Crippen molar-refractivity contribution in [1.29, 1.82) is 0 Å². The number of aromatic amines is 1. The molecular weight excluding hydrogens is 286 g/mol. The number of hydrogen-bond donors (Lipinski definition) is 3. The summed E-state index contributed by atoms with van der Waals surface area (Å²) in [5.74, 6) is 0.743. The van der Waals surface area contributed by atoms with Crippen molar-refractivity contribution in [3.8, 4) is 10.6 Å². The number of fused-ring (bicyclic) bond motifs is 1. The molecule has 0 aliphatic carbocycles. The predicted octanol–water partition coefficient (Wildman–Crippen LogP) is 2.23. The predicted molar refractivity (Wildman–Crippen MR) is 84.4 cm³/mol. The highest BCUT2D eigenvalue weighted by Gasteiger charge is 2.06. The lowest BCUT2D eigenvalue weighted by atomic mass is 10.2. The molecule has 2 heterocycles. The lowest BCUT2D eigenvalue weighted by Crippen LogP contribution is -2.16. The van der Waals surface area contributed by atoms with Gasteiger partial charge in [-0.25, -0.2) is 9.97 Å². The average molecular weight is 301 g/mol. The highest BCUT2D eigenvalue weighted by Crippen LogP contribution is 2.25. The molecule has 0 saturated carbocycles. The van der Waals surface area contributed by atoms with Gasteiger partial charge in [-0.05, 0) is 24.6 Å². The number of anilines is 1. The zero-order valence-corrected chi connectivity index (χ0v) is 12.1. The van der Waals surface area contributed by atoms with Crippen LogP contribution < -0.4 is 10.6 Å². The molecule has 0 saturated heterocycles. The quantitative estimate of drug-likeness (QED) is 0.461. The summed E-state index contributed by atoms with van der Waals surface area (Å²) in [6.45, 7) is 1.41. The van der Waals surface area contributed by atoms with E-state index in [2.05, 4.69) is 31.7 Å². The van der Waals surface area contributed by atoms with Crippen molar-refractivity contribution < 1.29 is 4.79 Å². The largest absolute Gasteiger partial charge is 0.359 e. The van der Waals surface area contributed by atoms with Crippen LogP contribution in [0.3, 0.4) is 0 Å². The summed E-state index contributed by atoms with van der Waals surface area (Å²) in [5.41, 5.74) is 2.99. The van der Waals surface area contributed by atoms with Crippen molar-refractivity contribution in [2.75, 3.05) is 18.4 Å². The maximum absolute atomic E-state index is 10.1. The van der Waals surface area contributed by atoms with Crippen LogP contribution in [-0.2, 0) is 4.79 Å². The lowest BCUT2D eigenvalue weighted by molar-refractivity contribution is -0.109. The minimum Gasteiger partial charge on any atom is -0.359 e. The normalized spacial score (nSPS) is 10.7. The van der Waals surface area contributed by atoms with Crippen LogP contribution in [-0.4, -0.2) is 34.5 Å². The van der Waals surface area contributed by atoms with E-state index in [4.69, 9.17) is 0 Å². The van der Waals surface area contributed by atoms with Gasteiger partial charge in [0.2, 0.25) is 12.4 Å². The highest BCUT2D eigenvalue weighted by molar-refractivity contribution is 7.13. The third-order valence-corrected chi connectivity index (χ3v) is 3.86. The molecule has 0 unspecified atom stereocenters. The van der Waals surface area contributed by atoms with Gasteiger partial charge < -0.3 is 15.6 Å². The number of thiazole rings is 1. The molecule has 0 fully saturated rings. The number of carbonyl (C=O) groups excluding carboxylic acids is 1. The number of carbonyl (C=O) groups is 1. The Morgan fingerprint density at radius 1 is 1.33 bits per heavy atom. The minimum atomic E-state index is 0.658. The summed E-state index contributed by atoms with van der Waals surface area (Å²) < 4.78 is 0. The molecule has 0 spiro atoms. The molecule has 3 N–H and O–H groups in total. The molecule has 0 bridgehead atoms. The second kappa shape index (κ2) is 6.36. The van der Waals surface area contributed by atoms with Gasteiger partial charge in [0.05, 0.1) is 11.0 Å². The fourth-order valence-electron chi connectivity index (χ4n) is 2.05. The summed E-state index contributed by atoms with van der Waals surface area (Å²) in [6.07, 6.45) is 3.36. The van der Waals surface area contributed by atoms with Crippen molar-refractivity contribution in [2.45, 2.75) is 6.42 Å². The minimum absolute atomic E-state index is 0.658. The van der Waals surface area contributed by atoms with Gasteiger partial charge in [0.15, 0.2) is 0 Å². The summed E-state index contributed by atoms with van der Waals surface area (Å²) in [5, 5.41) is 8.80. The van der Waals surface area contributed by atoms with E-state index in [9.17, 15) is 4.79 Å². The molecule has 108 valence electrons.